The van der Waals surface area contributed by atoms with Crippen LogP contribution >= 0.6 is 0 Å². The van der Waals surface area contributed by atoms with Crippen molar-refractivity contribution in [3.05, 3.63) is 22.4 Å². The summed E-state index contributed by atoms with van der Waals surface area (Å²) in [5, 5.41) is 16.7. The van der Waals surface area contributed by atoms with E-state index >= 15 is 0 Å². The van der Waals surface area contributed by atoms with Crippen molar-refractivity contribution in [3.8, 4) is 0 Å². The minimum atomic E-state index is -0.622. The van der Waals surface area contributed by atoms with Gasteiger partial charge in [0.2, 0.25) is 11.8 Å². The average Bonchev–Trinajstić information content (AvgIpc) is 3.09. The smallest absolute Gasteiger partial charge is 0.358 e. The zero-order chi connectivity index (χ0) is 15.2. The van der Waals surface area contributed by atoms with E-state index in [0.717, 1.165) is 25.9 Å². The summed E-state index contributed by atoms with van der Waals surface area (Å²) in [7, 11) is 0. The van der Waals surface area contributed by atoms with E-state index in [2.05, 4.69) is 10.4 Å². The summed E-state index contributed by atoms with van der Waals surface area (Å²) >= 11 is 0. The molecule has 114 valence electrons. The number of rotatable bonds is 6. The summed E-state index contributed by atoms with van der Waals surface area (Å²) in [5.74, 6) is -0.586. The fraction of sp³-hybridized carbons (Fsp3) is 0.583. The van der Waals surface area contributed by atoms with Crippen LogP contribution in [0, 0.1) is 10.1 Å². The maximum absolute atomic E-state index is 11.7. The van der Waals surface area contributed by atoms with E-state index in [1.54, 1.807) is 4.90 Å². The molecule has 1 saturated heterocycles. The van der Waals surface area contributed by atoms with Crippen LogP contribution in [0.3, 0.4) is 0 Å². The van der Waals surface area contributed by atoms with E-state index in [-0.39, 0.29) is 37.1 Å². The Morgan fingerprint density at radius 3 is 2.71 bits per heavy atom. The summed E-state index contributed by atoms with van der Waals surface area (Å²) in [4.78, 5) is 35.0. The molecule has 1 fully saturated rings. The van der Waals surface area contributed by atoms with Crippen LogP contribution in [0.15, 0.2) is 12.3 Å². The maximum Gasteiger partial charge on any atom is 0.389 e. The van der Waals surface area contributed by atoms with Gasteiger partial charge in [0, 0.05) is 26.1 Å². The van der Waals surface area contributed by atoms with Gasteiger partial charge >= 0.3 is 5.82 Å². The van der Waals surface area contributed by atoms with Crippen molar-refractivity contribution in [1.29, 1.82) is 0 Å². The number of nitro groups is 1. The second-order valence-corrected chi connectivity index (χ2v) is 4.82. The number of carbonyl (C=O) groups is 2. The Bertz CT molecular complexity index is 536. The second kappa shape index (κ2) is 6.82. The Balaban J connectivity index is 1.69. The zero-order valence-corrected chi connectivity index (χ0v) is 11.5. The molecule has 21 heavy (non-hydrogen) atoms. The SMILES string of the molecule is O=C(Cn1ccc([N+](=O)[O-])n1)NCCC(=O)N1CCCC1. The first-order valence-corrected chi connectivity index (χ1v) is 6.78. The lowest BCUT2D eigenvalue weighted by atomic mass is 10.3. The number of aromatic nitrogens is 2. The van der Waals surface area contributed by atoms with Crippen molar-refractivity contribution < 1.29 is 14.5 Å². The molecule has 9 heteroatoms. The molecular formula is C12H17N5O4. The van der Waals surface area contributed by atoms with E-state index in [1.807, 2.05) is 0 Å². The minimum Gasteiger partial charge on any atom is -0.358 e. The quantitative estimate of drug-likeness (QED) is 0.583. The molecule has 9 nitrogen and oxygen atoms in total. The van der Waals surface area contributed by atoms with Gasteiger partial charge in [-0.15, -0.1) is 0 Å². The summed E-state index contributed by atoms with van der Waals surface area (Å²) < 4.78 is 1.19. The van der Waals surface area contributed by atoms with Crippen molar-refractivity contribution in [3.63, 3.8) is 0 Å². The van der Waals surface area contributed by atoms with Gasteiger partial charge < -0.3 is 20.3 Å². The predicted octanol–water partition coefficient (Wildman–Crippen LogP) is -0.0800. The Morgan fingerprint density at radius 1 is 1.38 bits per heavy atom. The van der Waals surface area contributed by atoms with Crippen molar-refractivity contribution in [2.45, 2.75) is 25.8 Å². The van der Waals surface area contributed by atoms with Gasteiger partial charge in [-0.2, -0.15) is 4.68 Å². The standard InChI is InChI=1S/C12H17N5O4/c18-11(9-16-8-4-10(14-16)17(20)21)13-5-3-12(19)15-6-1-2-7-15/h4,8H,1-3,5-7,9H2,(H,13,18). The number of hydrogen-bond donors (Lipinski definition) is 1. The van der Waals surface area contributed by atoms with E-state index in [9.17, 15) is 19.7 Å². The van der Waals surface area contributed by atoms with Gasteiger partial charge in [0.1, 0.15) is 6.54 Å². The van der Waals surface area contributed by atoms with Crippen LogP contribution in [0.25, 0.3) is 0 Å². The molecule has 0 unspecified atom stereocenters. The molecule has 0 saturated carbocycles. The van der Waals surface area contributed by atoms with Crippen LogP contribution in [0.1, 0.15) is 19.3 Å². The van der Waals surface area contributed by atoms with Crippen LogP contribution in [0.4, 0.5) is 5.82 Å². The van der Waals surface area contributed by atoms with Crippen molar-refractivity contribution in [1.82, 2.24) is 20.0 Å². The molecular weight excluding hydrogens is 278 g/mol. The largest absolute Gasteiger partial charge is 0.389 e. The molecule has 0 spiro atoms. The number of nitrogens with zero attached hydrogens (tertiary/aromatic N) is 4. The Morgan fingerprint density at radius 2 is 2.10 bits per heavy atom. The van der Waals surface area contributed by atoms with Crippen LogP contribution < -0.4 is 5.32 Å². The maximum atomic E-state index is 11.7. The number of nitrogens with one attached hydrogen (secondary N) is 1. The highest BCUT2D eigenvalue weighted by Crippen LogP contribution is 2.08. The van der Waals surface area contributed by atoms with E-state index in [1.165, 1.54) is 16.9 Å². The molecule has 0 atom stereocenters. The first-order chi connectivity index (χ1) is 10.1. The van der Waals surface area contributed by atoms with Gasteiger partial charge in [0.05, 0.1) is 17.4 Å². The third-order valence-electron chi connectivity index (χ3n) is 3.24. The van der Waals surface area contributed by atoms with Gasteiger partial charge in [0.15, 0.2) is 0 Å². The van der Waals surface area contributed by atoms with Crippen molar-refractivity contribution in [2.75, 3.05) is 19.6 Å². The lowest BCUT2D eigenvalue weighted by molar-refractivity contribution is -0.389. The molecule has 1 aromatic heterocycles. The van der Waals surface area contributed by atoms with E-state index in [4.69, 9.17) is 0 Å². The molecule has 0 bridgehead atoms. The number of hydrogen-bond acceptors (Lipinski definition) is 5. The number of likely N-dealkylation sites (tertiary alicyclic amines) is 1. The highest BCUT2D eigenvalue weighted by atomic mass is 16.6. The molecule has 1 N–H and O–H groups in total. The van der Waals surface area contributed by atoms with Crippen molar-refractivity contribution >= 4 is 17.6 Å². The normalized spacial score (nSPS) is 14.2. The molecule has 0 aliphatic carbocycles. The average molecular weight is 295 g/mol. The lowest BCUT2D eigenvalue weighted by Gasteiger charge is -2.14. The van der Waals surface area contributed by atoms with E-state index in [0.29, 0.717) is 0 Å². The molecule has 0 radical (unpaired) electrons. The van der Waals surface area contributed by atoms with Gasteiger partial charge in [-0.1, -0.05) is 0 Å². The van der Waals surface area contributed by atoms with Gasteiger partial charge in [-0.3, -0.25) is 9.59 Å². The molecule has 1 aliphatic heterocycles. The van der Waals surface area contributed by atoms with Crippen molar-refractivity contribution in [2.24, 2.45) is 0 Å². The highest BCUT2D eigenvalue weighted by molar-refractivity contribution is 5.79. The predicted molar refractivity (Wildman–Crippen MR) is 72.3 cm³/mol. The number of carbonyl (C=O) groups excluding carboxylic acids is 2. The fourth-order valence-corrected chi connectivity index (χ4v) is 2.17. The van der Waals surface area contributed by atoms with Gasteiger partial charge in [0.25, 0.3) is 0 Å². The third kappa shape index (κ3) is 4.26. The monoisotopic (exact) mass is 295 g/mol. The topological polar surface area (TPSA) is 110 Å². The van der Waals surface area contributed by atoms with Gasteiger partial charge in [-0.25, -0.2) is 0 Å². The summed E-state index contributed by atoms with van der Waals surface area (Å²) in [6, 6.07) is 1.23. The summed E-state index contributed by atoms with van der Waals surface area (Å²) in [6.07, 6.45) is 3.71. The Kier molecular flexibility index (Phi) is 4.85. The first kappa shape index (κ1) is 14.9. The third-order valence-corrected chi connectivity index (χ3v) is 3.24. The highest BCUT2D eigenvalue weighted by Gasteiger charge is 2.18. The van der Waals surface area contributed by atoms with Crippen LogP contribution in [0.2, 0.25) is 0 Å². The van der Waals surface area contributed by atoms with Crippen LogP contribution in [0.5, 0.6) is 0 Å². The molecule has 2 rings (SSSR count). The molecule has 1 aromatic rings. The Labute approximate surface area is 121 Å². The first-order valence-electron chi connectivity index (χ1n) is 6.78. The molecule has 2 heterocycles. The molecule has 1 aliphatic rings. The van der Waals surface area contributed by atoms with Gasteiger partial charge in [-0.05, 0) is 17.8 Å². The second-order valence-electron chi connectivity index (χ2n) is 4.82. The summed E-state index contributed by atoms with van der Waals surface area (Å²) in [5.41, 5.74) is 0. The van der Waals surface area contributed by atoms with Crippen LogP contribution in [-0.4, -0.2) is 51.1 Å². The summed E-state index contributed by atoms with van der Waals surface area (Å²) in [6.45, 7) is 1.75. The molecule has 2 amide bonds. The van der Waals surface area contributed by atoms with E-state index < -0.39 is 4.92 Å². The minimum absolute atomic E-state index is 0.0440. The Hall–Kier alpha value is -2.45. The lowest BCUT2D eigenvalue weighted by Crippen LogP contribution is -2.34. The number of amides is 2. The van der Waals surface area contributed by atoms with Crippen LogP contribution in [-0.2, 0) is 16.1 Å². The fourth-order valence-electron chi connectivity index (χ4n) is 2.17. The molecule has 0 aromatic carbocycles. The zero-order valence-electron chi connectivity index (χ0n) is 11.5.